The number of fused-ring (bicyclic) bond motifs is 1. The van der Waals surface area contributed by atoms with Crippen LogP contribution in [0.2, 0.25) is 0 Å². The highest BCUT2D eigenvalue weighted by Gasteiger charge is 2.31. The van der Waals surface area contributed by atoms with E-state index in [1.54, 1.807) is 21.0 Å². The van der Waals surface area contributed by atoms with Crippen molar-refractivity contribution in [2.24, 2.45) is 5.92 Å². The summed E-state index contributed by atoms with van der Waals surface area (Å²) >= 11 is 0. The molecule has 0 bridgehead atoms. The fourth-order valence-corrected chi connectivity index (χ4v) is 2.67. The monoisotopic (exact) mass is 330 g/mol. The minimum absolute atomic E-state index is 0.169. The highest BCUT2D eigenvalue weighted by molar-refractivity contribution is 5.96. The van der Waals surface area contributed by atoms with Gasteiger partial charge in [0.1, 0.15) is 5.75 Å². The summed E-state index contributed by atoms with van der Waals surface area (Å²) < 4.78 is 15.5. The van der Waals surface area contributed by atoms with Crippen molar-refractivity contribution in [1.29, 1.82) is 0 Å². The fraction of sp³-hybridized carbons (Fsp3) is 0.368. The minimum Gasteiger partial charge on any atom is -0.496 e. The van der Waals surface area contributed by atoms with Crippen LogP contribution in [0.5, 0.6) is 5.75 Å². The first kappa shape index (κ1) is 17.8. The van der Waals surface area contributed by atoms with Crippen molar-refractivity contribution in [1.82, 2.24) is 0 Å². The van der Waals surface area contributed by atoms with Crippen LogP contribution < -0.4 is 4.74 Å². The molecule has 24 heavy (non-hydrogen) atoms. The number of esters is 2. The Balaban J connectivity index is 2.46. The molecule has 0 N–H and O–H groups in total. The summed E-state index contributed by atoms with van der Waals surface area (Å²) in [6.45, 7) is 3.83. The zero-order valence-electron chi connectivity index (χ0n) is 14.2. The number of hydrogen-bond donors (Lipinski definition) is 0. The van der Waals surface area contributed by atoms with Gasteiger partial charge in [0.15, 0.2) is 5.92 Å². The molecule has 0 saturated heterocycles. The van der Waals surface area contributed by atoms with Gasteiger partial charge in [-0.05, 0) is 30.7 Å². The number of rotatable bonds is 7. The number of carbonyl (C=O) groups excluding carboxylic acids is 2. The first-order chi connectivity index (χ1) is 11.6. The van der Waals surface area contributed by atoms with E-state index in [1.807, 2.05) is 36.4 Å². The van der Waals surface area contributed by atoms with E-state index in [0.717, 1.165) is 16.3 Å². The maximum atomic E-state index is 12.2. The van der Waals surface area contributed by atoms with Crippen LogP contribution in [0, 0.1) is 5.92 Å². The molecular weight excluding hydrogens is 308 g/mol. The van der Waals surface area contributed by atoms with Crippen LogP contribution in [0.1, 0.15) is 19.4 Å². The van der Waals surface area contributed by atoms with Crippen molar-refractivity contribution in [2.75, 3.05) is 20.3 Å². The molecule has 0 aliphatic rings. The van der Waals surface area contributed by atoms with E-state index in [0.29, 0.717) is 5.75 Å². The second kappa shape index (κ2) is 8.34. The zero-order chi connectivity index (χ0) is 17.5. The fourth-order valence-electron chi connectivity index (χ4n) is 2.67. The van der Waals surface area contributed by atoms with Crippen LogP contribution in [0.15, 0.2) is 36.4 Å². The lowest BCUT2D eigenvalue weighted by atomic mass is 9.94. The number of methoxy groups -OCH3 is 1. The molecule has 0 fully saturated rings. The number of hydrogen-bond acceptors (Lipinski definition) is 5. The molecule has 0 saturated carbocycles. The molecule has 0 spiro atoms. The summed E-state index contributed by atoms with van der Waals surface area (Å²) in [5.41, 5.74) is 0.793. The summed E-state index contributed by atoms with van der Waals surface area (Å²) in [5.74, 6) is -1.53. The Morgan fingerprint density at radius 1 is 0.958 bits per heavy atom. The van der Waals surface area contributed by atoms with Crippen LogP contribution in [0.25, 0.3) is 10.8 Å². The Hall–Kier alpha value is -2.56. The lowest BCUT2D eigenvalue weighted by Gasteiger charge is -2.17. The van der Waals surface area contributed by atoms with E-state index in [1.165, 1.54) is 0 Å². The van der Waals surface area contributed by atoms with Gasteiger partial charge in [-0.3, -0.25) is 9.59 Å². The molecule has 0 aliphatic carbocycles. The standard InChI is InChI=1S/C19H22O5/c1-4-23-18(20)16(19(21)24-5-2)12-15-14-9-7-6-8-13(14)10-11-17(15)22-3/h6-11,16H,4-5,12H2,1-3H3. The van der Waals surface area contributed by atoms with Crippen molar-refractivity contribution < 1.29 is 23.8 Å². The van der Waals surface area contributed by atoms with Gasteiger partial charge in [-0.15, -0.1) is 0 Å². The summed E-state index contributed by atoms with van der Waals surface area (Å²) in [6, 6.07) is 11.6. The van der Waals surface area contributed by atoms with Gasteiger partial charge in [0.2, 0.25) is 0 Å². The van der Waals surface area contributed by atoms with Crippen molar-refractivity contribution >= 4 is 22.7 Å². The van der Waals surface area contributed by atoms with Crippen LogP contribution in [0.3, 0.4) is 0 Å². The smallest absolute Gasteiger partial charge is 0.320 e. The van der Waals surface area contributed by atoms with Crippen molar-refractivity contribution in [3.8, 4) is 5.75 Å². The van der Waals surface area contributed by atoms with Crippen molar-refractivity contribution in [3.63, 3.8) is 0 Å². The van der Waals surface area contributed by atoms with Crippen LogP contribution in [-0.4, -0.2) is 32.3 Å². The molecule has 0 unspecified atom stereocenters. The molecule has 2 rings (SSSR count). The maximum Gasteiger partial charge on any atom is 0.320 e. The van der Waals surface area contributed by atoms with Gasteiger partial charge in [0.05, 0.1) is 20.3 Å². The topological polar surface area (TPSA) is 61.8 Å². The van der Waals surface area contributed by atoms with E-state index in [2.05, 4.69) is 0 Å². The second-order valence-corrected chi connectivity index (χ2v) is 5.23. The molecule has 0 aliphatic heterocycles. The molecule has 0 amide bonds. The zero-order valence-corrected chi connectivity index (χ0v) is 14.2. The van der Waals surface area contributed by atoms with Crippen molar-refractivity contribution in [3.05, 3.63) is 42.0 Å². The number of ether oxygens (including phenoxy) is 3. The Bertz CT molecular complexity index is 705. The number of benzene rings is 2. The molecular formula is C19H22O5. The molecule has 0 radical (unpaired) electrons. The van der Waals surface area contributed by atoms with E-state index < -0.39 is 17.9 Å². The van der Waals surface area contributed by atoms with Crippen LogP contribution in [-0.2, 0) is 25.5 Å². The molecule has 0 heterocycles. The molecule has 0 aromatic heterocycles. The Kier molecular flexibility index (Phi) is 6.18. The summed E-state index contributed by atoms with van der Waals surface area (Å²) in [6.07, 6.45) is 0.169. The third kappa shape index (κ3) is 3.85. The van der Waals surface area contributed by atoms with Gasteiger partial charge < -0.3 is 14.2 Å². The van der Waals surface area contributed by atoms with E-state index in [9.17, 15) is 9.59 Å². The van der Waals surface area contributed by atoms with Gasteiger partial charge in [0.25, 0.3) is 0 Å². The van der Waals surface area contributed by atoms with Gasteiger partial charge in [0, 0.05) is 12.0 Å². The van der Waals surface area contributed by atoms with E-state index >= 15 is 0 Å². The van der Waals surface area contributed by atoms with E-state index in [-0.39, 0.29) is 19.6 Å². The van der Waals surface area contributed by atoms with Gasteiger partial charge >= 0.3 is 11.9 Å². The lowest BCUT2D eigenvalue weighted by molar-refractivity contribution is -0.161. The predicted octanol–water partition coefficient (Wildman–Crippen LogP) is 3.13. The molecule has 2 aromatic rings. The molecule has 5 nitrogen and oxygen atoms in total. The second-order valence-electron chi connectivity index (χ2n) is 5.23. The average Bonchev–Trinajstić information content (AvgIpc) is 2.59. The Morgan fingerprint density at radius 2 is 1.58 bits per heavy atom. The van der Waals surface area contributed by atoms with Crippen LogP contribution >= 0.6 is 0 Å². The first-order valence-electron chi connectivity index (χ1n) is 8.00. The molecule has 2 aromatic carbocycles. The Morgan fingerprint density at radius 3 is 2.17 bits per heavy atom. The van der Waals surface area contributed by atoms with Gasteiger partial charge in [-0.25, -0.2) is 0 Å². The summed E-state index contributed by atoms with van der Waals surface area (Å²) in [4.78, 5) is 24.5. The SMILES string of the molecule is CCOC(=O)C(Cc1c(OC)ccc2ccccc12)C(=O)OCC. The maximum absolute atomic E-state index is 12.2. The average molecular weight is 330 g/mol. The summed E-state index contributed by atoms with van der Waals surface area (Å²) in [7, 11) is 1.57. The Labute approximate surface area is 141 Å². The molecule has 0 atom stereocenters. The van der Waals surface area contributed by atoms with Crippen molar-refractivity contribution in [2.45, 2.75) is 20.3 Å². The largest absolute Gasteiger partial charge is 0.496 e. The van der Waals surface area contributed by atoms with Crippen LogP contribution in [0.4, 0.5) is 0 Å². The summed E-state index contributed by atoms with van der Waals surface area (Å²) in [5, 5.41) is 1.95. The predicted molar refractivity (Wildman–Crippen MR) is 91.0 cm³/mol. The third-order valence-corrected chi connectivity index (χ3v) is 3.77. The minimum atomic E-state index is -1.01. The number of carbonyl (C=O) groups is 2. The highest BCUT2D eigenvalue weighted by atomic mass is 16.6. The third-order valence-electron chi connectivity index (χ3n) is 3.77. The highest BCUT2D eigenvalue weighted by Crippen LogP contribution is 2.30. The molecule has 128 valence electrons. The normalized spacial score (nSPS) is 10.7. The van der Waals surface area contributed by atoms with Gasteiger partial charge in [-0.1, -0.05) is 30.3 Å². The lowest BCUT2D eigenvalue weighted by Crippen LogP contribution is -2.30. The molecule has 5 heteroatoms. The quantitative estimate of drug-likeness (QED) is 0.576. The van der Waals surface area contributed by atoms with E-state index in [4.69, 9.17) is 14.2 Å². The van der Waals surface area contributed by atoms with Gasteiger partial charge in [-0.2, -0.15) is 0 Å². The first-order valence-corrected chi connectivity index (χ1v) is 8.00.